The third-order valence-corrected chi connectivity index (χ3v) is 3.86. The van der Waals surface area contributed by atoms with Crippen molar-refractivity contribution in [2.24, 2.45) is 5.73 Å². The van der Waals surface area contributed by atoms with Gasteiger partial charge in [0.2, 0.25) is 5.91 Å². The predicted molar refractivity (Wildman–Crippen MR) is 87.0 cm³/mol. The fourth-order valence-electron chi connectivity index (χ4n) is 1.89. The van der Waals surface area contributed by atoms with Crippen LogP contribution in [0.15, 0.2) is 41.8 Å². The minimum Gasteiger partial charge on any atom is -0.484 e. The lowest BCUT2D eigenvalue weighted by molar-refractivity contribution is -0.120. The topological polar surface area (TPSA) is 81.4 Å². The second kappa shape index (κ2) is 8.19. The number of hydrogen-bond acceptors (Lipinski definition) is 4. The second-order valence-electron chi connectivity index (χ2n) is 4.76. The van der Waals surface area contributed by atoms with E-state index in [1.54, 1.807) is 35.6 Å². The molecule has 0 bridgehead atoms. The van der Waals surface area contributed by atoms with Gasteiger partial charge in [0.25, 0.3) is 5.91 Å². The fourth-order valence-corrected chi connectivity index (χ4v) is 2.64. The first-order valence-electron chi connectivity index (χ1n) is 6.97. The highest BCUT2D eigenvalue weighted by atomic mass is 32.1. The Morgan fingerprint density at radius 1 is 1.18 bits per heavy atom. The number of nitrogens with one attached hydrogen (secondary N) is 1. The number of amides is 2. The molecular formula is C16H18N2O3S. The van der Waals surface area contributed by atoms with E-state index < -0.39 is 5.91 Å². The van der Waals surface area contributed by atoms with E-state index in [0.717, 1.165) is 12.8 Å². The number of anilines is 1. The number of thiophene rings is 1. The van der Waals surface area contributed by atoms with Gasteiger partial charge in [0, 0.05) is 17.0 Å². The first-order chi connectivity index (χ1) is 10.6. The normalized spacial score (nSPS) is 10.2. The zero-order valence-corrected chi connectivity index (χ0v) is 12.9. The van der Waals surface area contributed by atoms with Gasteiger partial charge in [-0.05, 0) is 48.6 Å². The molecule has 2 amide bonds. The average Bonchev–Trinajstić information content (AvgIpc) is 3.00. The molecule has 22 heavy (non-hydrogen) atoms. The summed E-state index contributed by atoms with van der Waals surface area (Å²) in [7, 11) is 0. The lowest BCUT2D eigenvalue weighted by Crippen LogP contribution is -2.20. The van der Waals surface area contributed by atoms with E-state index in [4.69, 9.17) is 10.5 Å². The molecule has 0 saturated heterocycles. The average molecular weight is 318 g/mol. The minimum absolute atomic E-state index is 0.0117. The Balaban J connectivity index is 1.72. The predicted octanol–water partition coefficient (Wildman–Crippen LogP) is 2.57. The van der Waals surface area contributed by atoms with Crippen molar-refractivity contribution < 1.29 is 14.3 Å². The Labute approximate surface area is 133 Å². The number of nitrogens with two attached hydrogens (primary N) is 1. The van der Waals surface area contributed by atoms with Gasteiger partial charge in [-0.15, -0.1) is 11.3 Å². The van der Waals surface area contributed by atoms with Gasteiger partial charge in [0.1, 0.15) is 5.75 Å². The van der Waals surface area contributed by atoms with Gasteiger partial charge < -0.3 is 15.8 Å². The van der Waals surface area contributed by atoms with Crippen LogP contribution in [0, 0.1) is 0 Å². The summed E-state index contributed by atoms with van der Waals surface area (Å²) in [6, 6.07) is 10.9. The summed E-state index contributed by atoms with van der Waals surface area (Å²) >= 11 is 1.71. The largest absolute Gasteiger partial charge is 0.484 e. The van der Waals surface area contributed by atoms with Crippen molar-refractivity contribution in [1.29, 1.82) is 0 Å². The van der Waals surface area contributed by atoms with Gasteiger partial charge in [0.05, 0.1) is 0 Å². The molecule has 116 valence electrons. The molecule has 6 heteroatoms. The highest BCUT2D eigenvalue weighted by Crippen LogP contribution is 2.16. The van der Waals surface area contributed by atoms with Gasteiger partial charge in [-0.1, -0.05) is 6.07 Å². The van der Waals surface area contributed by atoms with E-state index in [1.807, 2.05) is 11.4 Å². The van der Waals surface area contributed by atoms with Crippen molar-refractivity contribution in [2.75, 3.05) is 11.9 Å². The molecule has 0 unspecified atom stereocenters. The monoisotopic (exact) mass is 318 g/mol. The molecule has 2 rings (SSSR count). The molecule has 0 fully saturated rings. The molecule has 0 atom stereocenters. The number of benzene rings is 1. The van der Waals surface area contributed by atoms with Gasteiger partial charge in [-0.25, -0.2) is 0 Å². The van der Waals surface area contributed by atoms with Crippen LogP contribution in [-0.2, 0) is 16.0 Å². The number of primary amides is 1. The van der Waals surface area contributed by atoms with E-state index in [9.17, 15) is 9.59 Å². The third kappa shape index (κ3) is 5.57. The molecule has 0 spiro atoms. The van der Waals surface area contributed by atoms with Crippen LogP contribution in [0.4, 0.5) is 5.69 Å². The standard InChI is InChI=1S/C16H18N2O3S/c17-15(19)11-21-13-8-6-12(7-9-13)18-16(20)5-1-3-14-4-2-10-22-14/h2,4,6-10H,1,3,5,11H2,(H2,17,19)(H,18,20). The van der Waals surface area contributed by atoms with Gasteiger partial charge >= 0.3 is 0 Å². The maximum absolute atomic E-state index is 11.8. The number of ether oxygens (including phenoxy) is 1. The van der Waals surface area contributed by atoms with E-state index in [0.29, 0.717) is 17.9 Å². The van der Waals surface area contributed by atoms with Crippen LogP contribution in [0.25, 0.3) is 0 Å². The molecule has 1 heterocycles. The molecule has 5 nitrogen and oxygen atoms in total. The van der Waals surface area contributed by atoms with Crippen molar-refractivity contribution in [3.8, 4) is 5.75 Å². The van der Waals surface area contributed by atoms with Crippen LogP contribution in [0.3, 0.4) is 0 Å². The number of carbonyl (C=O) groups excluding carboxylic acids is 2. The summed E-state index contributed by atoms with van der Waals surface area (Å²) in [6.07, 6.45) is 2.23. The smallest absolute Gasteiger partial charge is 0.255 e. The number of hydrogen-bond donors (Lipinski definition) is 2. The van der Waals surface area contributed by atoms with Crippen LogP contribution in [0.5, 0.6) is 5.75 Å². The van der Waals surface area contributed by atoms with Gasteiger partial charge in [-0.2, -0.15) is 0 Å². The lowest BCUT2D eigenvalue weighted by atomic mass is 10.2. The molecule has 0 saturated carbocycles. The van der Waals surface area contributed by atoms with Crippen LogP contribution >= 0.6 is 11.3 Å². The van der Waals surface area contributed by atoms with Crippen molar-refractivity contribution >= 4 is 28.8 Å². The summed E-state index contributed by atoms with van der Waals surface area (Å²) in [5.74, 6) is -0.0000233. The van der Waals surface area contributed by atoms with Crippen molar-refractivity contribution in [3.63, 3.8) is 0 Å². The Bertz CT molecular complexity index is 609. The highest BCUT2D eigenvalue weighted by molar-refractivity contribution is 7.09. The highest BCUT2D eigenvalue weighted by Gasteiger charge is 2.04. The fraction of sp³-hybridized carbons (Fsp3) is 0.250. The van der Waals surface area contributed by atoms with Crippen LogP contribution in [0.2, 0.25) is 0 Å². The molecule has 1 aromatic heterocycles. The zero-order chi connectivity index (χ0) is 15.8. The summed E-state index contributed by atoms with van der Waals surface area (Å²) < 4.78 is 5.15. The van der Waals surface area contributed by atoms with E-state index in [1.165, 1.54) is 4.88 Å². The zero-order valence-electron chi connectivity index (χ0n) is 12.1. The quantitative estimate of drug-likeness (QED) is 0.785. The van der Waals surface area contributed by atoms with Gasteiger partial charge in [-0.3, -0.25) is 9.59 Å². The Kier molecular flexibility index (Phi) is 5.97. The Hall–Kier alpha value is -2.34. The van der Waals surface area contributed by atoms with E-state index >= 15 is 0 Å². The first-order valence-corrected chi connectivity index (χ1v) is 7.85. The molecule has 0 radical (unpaired) electrons. The maximum Gasteiger partial charge on any atom is 0.255 e. The molecule has 0 aliphatic carbocycles. The third-order valence-electron chi connectivity index (χ3n) is 2.93. The van der Waals surface area contributed by atoms with E-state index in [-0.39, 0.29) is 12.5 Å². The lowest BCUT2D eigenvalue weighted by Gasteiger charge is -2.07. The van der Waals surface area contributed by atoms with E-state index in [2.05, 4.69) is 11.4 Å². The number of carbonyl (C=O) groups is 2. The maximum atomic E-state index is 11.8. The SMILES string of the molecule is NC(=O)COc1ccc(NC(=O)CCCc2cccs2)cc1. The first kappa shape index (κ1) is 16.0. The minimum atomic E-state index is -0.525. The van der Waals surface area contributed by atoms with Crippen LogP contribution in [0.1, 0.15) is 17.7 Å². The Morgan fingerprint density at radius 3 is 2.59 bits per heavy atom. The summed E-state index contributed by atoms with van der Waals surface area (Å²) in [5, 5.41) is 4.87. The van der Waals surface area contributed by atoms with Crippen LogP contribution < -0.4 is 15.8 Å². The number of rotatable bonds is 8. The summed E-state index contributed by atoms with van der Waals surface area (Å²) in [5.41, 5.74) is 5.70. The summed E-state index contributed by atoms with van der Waals surface area (Å²) in [4.78, 5) is 23.7. The number of aryl methyl sites for hydroxylation is 1. The van der Waals surface area contributed by atoms with Crippen molar-refractivity contribution in [3.05, 3.63) is 46.7 Å². The molecular weight excluding hydrogens is 300 g/mol. The molecule has 3 N–H and O–H groups in total. The Morgan fingerprint density at radius 2 is 1.95 bits per heavy atom. The van der Waals surface area contributed by atoms with Gasteiger partial charge in [0.15, 0.2) is 6.61 Å². The van der Waals surface area contributed by atoms with Crippen LogP contribution in [-0.4, -0.2) is 18.4 Å². The van der Waals surface area contributed by atoms with Crippen molar-refractivity contribution in [1.82, 2.24) is 0 Å². The van der Waals surface area contributed by atoms with Crippen molar-refractivity contribution in [2.45, 2.75) is 19.3 Å². The molecule has 0 aliphatic rings. The molecule has 0 aliphatic heterocycles. The molecule has 1 aromatic carbocycles. The second-order valence-corrected chi connectivity index (χ2v) is 5.79. The molecule has 2 aromatic rings. The summed E-state index contributed by atoms with van der Waals surface area (Å²) in [6.45, 7) is -0.158.